The Morgan fingerprint density at radius 3 is 2.53 bits per heavy atom. The first-order chi connectivity index (χ1) is 16.1. The van der Waals surface area contributed by atoms with Crippen molar-refractivity contribution in [2.75, 3.05) is 12.4 Å². The minimum absolute atomic E-state index is 0.0451. The number of ether oxygens (including phenoxy) is 1. The molecule has 4 heterocycles. The lowest BCUT2D eigenvalue weighted by Crippen LogP contribution is -2.38. The van der Waals surface area contributed by atoms with Gasteiger partial charge >= 0.3 is 0 Å². The zero-order valence-electron chi connectivity index (χ0n) is 19.2. The van der Waals surface area contributed by atoms with Crippen molar-refractivity contribution in [2.45, 2.75) is 32.2 Å². The Kier molecular flexibility index (Phi) is 5.70. The van der Waals surface area contributed by atoms with Crippen molar-refractivity contribution in [3.63, 3.8) is 0 Å². The van der Waals surface area contributed by atoms with E-state index in [9.17, 15) is 9.59 Å². The van der Waals surface area contributed by atoms with E-state index < -0.39 is 17.2 Å². The van der Waals surface area contributed by atoms with Crippen LogP contribution in [0.1, 0.15) is 47.5 Å². The average molecular weight is 463 g/mol. The summed E-state index contributed by atoms with van der Waals surface area (Å²) in [5.41, 5.74) is 13.4. The molecule has 11 heteroatoms. The molecule has 0 aliphatic carbocycles. The molecule has 0 spiro atoms. The Morgan fingerprint density at radius 2 is 1.94 bits per heavy atom. The Morgan fingerprint density at radius 1 is 1.18 bits per heavy atom. The molecule has 0 radical (unpaired) electrons. The van der Waals surface area contributed by atoms with E-state index in [1.807, 2.05) is 39.1 Å². The molecule has 0 saturated heterocycles. The molecule has 34 heavy (non-hydrogen) atoms. The van der Waals surface area contributed by atoms with Crippen molar-refractivity contribution in [1.82, 2.24) is 19.6 Å². The molecule has 0 fully saturated rings. The lowest BCUT2D eigenvalue weighted by atomic mass is 9.85. The molecule has 0 aliphatic rings. The van der Waals surface area contributed by atoms with Crippen molar-refractivity contribution in [1.29, 1.82) is 0 Å². The first-order valence-corrected chi connectivity index (χ1v) is 10.5. The molecule has 176 valence electrons. The maximum absolute atomic E-state index is 12.2. The highest BCUT2D eigenvalue weighted by Crippen LogP contribution is 2.33. The van der Waals surface area contributed by atoms with Crippen LogP contribution in [0.3, 0.4) is 0 Å². The van der Waals surface area contributed by atoms with Crippen molar-refractivity contribution >= 4 is 23.0 Å². The molecule has 1 atom stereocenters. The predicted molar refractivity (Wildman–Crippen MR) is 125 cm³/mol. The number of fused-ring (bicyclic) bond motifs is 1. The van der Waals surface area contributed by atoms with Crippen molar-refractivity contribution in [2.24, 2.45) is 11.5 Å². The van der Waals surface area contributed by atoms with E-state index in [0.717, 1.165) is 11.1 Å². The first kappa shape index (κ1) is 22.8. The van der Waals surface area contributed by atoms with Gasteiger partial charge in [0, 0.05) is 35.6 Å². The van der Waals surface area contributed by atoms with Gasteiger partial charge in [-0.25, -0.2) is 14.5 Å². The van der Waals surface area contributed by atoms with Gasteiger partial charge in [-0.3, -0.25) is 9.59 Å². The second-order valence-electron chi connectivity index (χ2n) is 8.44. The van der Waals surface area contributed by atoms with Crippen LogP contribution < -0.4 is 21.5 Å². The van der Waals surface area contributed by atoms with Crippen LogP contribution in [0.25, 0.3) is 16.6 Å². The molecule has 4 rings (SSSR count). The van der Waals surface area contributed by atoms with Gasteiger partial charge in [-0.1, -0.05) is 0 Å². The summed E-state index contributed by atoms with van der Waals surface area (Å²) in [5, 5.41) is 7.72. The van der Waals surface area contributed by atoms with Gasteiger partial charge in [0.25, 0.3) is 11.8 Å². The van der Waals surface area contributed by atoms with Crippen LogP contribution in [-0.2, 0) is 5.41 Å². The molecular formula is C23H25N7O4. The summed E-state index contributed by atoms with van der Waals surface area (Å²) in [6.45, 7) is 5.71. The Hall–Kier alpha value is -4.41. The molecule has 4 aromatic heterocycles. The maximum Gasteiger partial charge on any atom is 0.270 e. The number of hydrogen-bond acceptors (Lipinski definition) is 8. The number of nitrogens with two attached hydrogens (primary N) is 2. The Labute approximate surface area is 195 Å². The van der Waals surface area contributed by atoms with E-state index in [4.69, 9.17) is 20.6 Å². The average Bonchev–Trinajstić information content (AvgIpc) is 3.47. The number of aromatic nitrogens is 4. The predicted octanol–water partition coefficient (Wildman–Crippen LogP) is 2.37. The van der Waals surface area contributed by atoms with Crippen LogP contribution in [0.5, 0.6) is 5.88 Å². The number of oxazole rings is 1. The molecule has 5 N–H and O–H groups in total. The number of carbonyl (C=O) groups excluding carboxylic acids is 2. The number of rotatable bonds is 8. The maximum atomic E-state index is 12.2. The molecule has 1 unspecified atom stereocenters. The molecule has 2 amide bonds. The van der Waals surface area contributed by atoms with E-state index >= 15 is 0 Å². The third-order valence-corrected chi connectivity index (χ3v) is 5.93. The highest BCUT2D eigenvalue weighted by Gasteiger charge is 2.34. The number of primary amides is 2. The lowest BCUT2D eigenvalue weighted by Gasteiger charge is -2.30. The number of anilines is 1. The fraction of sp³-hybridized carbons (Fsp3) is 0.261. The number of nitrogens with zero attached hydrogens (tertiary/aromatic N) is 4. The van der Waals surface area contributed by atoms with Crippen LogP contribution in [0.15, 0.2) is 47.5 Å². The summed E-state index contributed by atoms with van der Waals surface area (Å²) in [7, 11) is 1.55. The number of carbonyl (C=O) groups is 2. The second-order valence-corrected chi connectivity index (χ2v) is 8.44. The molecule has 11 nitrogen and oxygen atoms in total. The van der Waals surface area contributed by atoms with Crippen LogP contribution in [0, 0.1) is 0 Å². The summed E-state index contributed by atoms with van der Waals surface area (Å²) < 4.78 is 12.3. The molecule has 4 aromatic rings. The SMILES string of the molecule is COc1ccc(-c2cc3c(NC(C)C(C)(C)c4nc(C(N)=O)co4)c(C(N)=O)cnn3c2)cn1. The van der Waals surface area contributed by atoms with E-state index in [1.165, 1.54) is 12.5 Å². The third kappa shape index (κ3) is 4.03. The van der Waals surface area contributed by atoms with E-state index in [1.54, 1.807) is 23.9 Å². The van der Waals surface area contributed by atoms with Gasteiger partial charge in [0.2, 0.25) is 11.8 Å². The molecule has 0 bridgehead atoms. The van der Waals surface area contributed by atoms with Crippen molar-refractivity contribution in [3.8, 4) is 17.0 Å². The first-order valence-electron chi connectivity index (χ1n) is 10.5. The van der Waals surface area contributed by atoms with E-state index in [-0.39, 0.29) is 17.3 Å². The second kappa shape index (κ2) is 8.50. The van der Waals surface area contributed by atoms with E-state index in [0.29, 0.717) is 23.0 Å². The number of pyridine rings is 1. The molecule has 0 saturated carbocycles. The Bertz CT molecular complexity index is 1370. The summed E-state index contributed by atoms with van der Waals surface area (Å²) in [5.74, 6) is -0.464. The monoisotopic (exact) mass is 463 g/mol. The van der Waals surface area contributed by atoms with Crippen molar-refractivity contribution in [3.05, 3.63) is 60.2 Å². The molecule has 0 aliphatic heterocycles. The van der Waals surface area contributed by atoms with Crippen LogP contribution in [-0.4, -0.2) is 44.5 Å². The van der Waals surface area contributed by atoms with Gasteiger partial charge in [0.05, 0.1) is 35.5 Å². The quantitative estimate of drug-likeness (QED) is 0.358. The zero-order chi connectivity index (χ0) is 24.6. The molecular weight excluding hydrogens is 438 g/mol. The largest absolute Gasteiger partial charge is 0.481 e. The lowest BCUT2D eigenvalue weighted by molar-refractivity contribution is 0.0989. The third-order valence-electron chi connectivity index (χ3n) is 5.93. The topological polar surface area (TPSA) is 164 Å². The number of hydrogen-bond donors (Lipinski definition) is 3. The summed E-state index contributed by atoms with van der Waals surface area (Å²) in [4.78, 5) is 32.1. The van der Waals surface area contributed by atoms with Gasteiger partial charge in [-0.05, 0) is 32.9 Å². The van der Waals surface area contributed by atoms with Gasteiger partial charge in [-0.2, -0.15) is 5.10 Å². The van der Waals surface area contributed by atoms with Crippen molar-refractivity contribution < 1.29 is 18.7 Å². The number of methoxy groups -OCH3 is 1. The van der Waals surface area contributed by atoms with Crippen LogP contribution in [0.4, 0.5) is 5.69 Å². The van der Waals surface area contributed by atoms with Gasteiger partial charge in [0.15, 0.2) is 5.69 Å². The highest BCUT2D eigenvalue weighted by atomic mass is 16.5. The normalized spacial score (nSPS) is 12.5. The van der Waals surface area contributed by atoms with E-state index in [2.05, 4.69) is 20.4 Å². The van der Waals surface area contributed by atoms with Gasteiger partial charge < -0.3 is 25.9 Å². The zero-order valence-corrected chi connectivity index (χ0v) is 19.2. The summed E-state index contributed by atoms with van der Waals surface area (Å²) >= 11 is 0. The van der Waals surface area contributed by atoms with Crippen LogP contribution in [0.2, 0.25) is 0 Å². The summed E-state index contributed by atoms with van der Waals surface area (Å²) in [6, 6.07) is 5.23. The standard InChI is InChI=1S/C23H25N7O4/c1-12(23(2,3)22-29-16(11-34-22)21(25)32)28-19-15(20(24)31)9-27-30-10-14(7-17(19)30)13-5-6-18(33-4)26-8-13/h5-12,28H,1-4H3,(H2,24,31)(H2,25,32). The number of nitrogens with one attached hydrogen (secondary N) is 1. The van der Waals surface area contributed by atoms with Gasteiger partial charge in [-0.15, -0.1) is 0 Å². The molecule has 0 aromatic carbocycles. The minimum atomic E-state index is -0.682. The van der Waals surface area contributed by atoms with Crippen LogP contribution >= 0.6 is 0 Å². The summed E-state index contributed by atoms with van der Waals surface area (Å²) in [6.07, 6.45) is 6.18. The minimum Gasteiger partial charge on any atom is -0.481 e. The Balaban J connectivity index is 1.74. The fourth-order valence-electron chi connectivity index (χ4n) is 3.49. The highest BCUT2D eigenvalue weighted by molar-refractivity contribution is 6.02. The number of amides is 2. The smallest absolute Gasteiger partial charge is 0.270 e. The van der Waals surface area contributed by atoms with Gasteiger partial charge in [0.1, 0.15) is 6.26 Å². The fourth-order valence-corrected chi connectivity index (χ4v) is 3.49.